The van der Waals surface area contributed by atoms with Gasteiger partial charge in [-0.2, -0.15) is 0 Å². The first-order valence-corrected chi connectivity index (χ1v) is 8.56. The average molecular weight is 387 g/mol. The molecule has 0 aliphatic heterocycles. The molecule has 0 aromatic heterocycles. The fraction of sp³-hybridized carbons (Fsp3) is 0.278. The molecule has 0 radical (unpaired) electrons. The van der Waals surface area contributed by atoms with Crippen LogP contribution in [0.3, 0.4) is 0 Å². The molecule has 1 N–H and O–H groups in total. The summed E-state index contributed by atoms with van der Waals surface area (Å²) in [6.07, 6.45) is -0.643. The summed E-state index contributed by atoms with van der Waals surface area (Å²) >= 11 is 18.1. The Kier molecular flexibility index (Phi) is 6.39. The van der Waals surface area contributed by atoms with Crippen LogP contribution in [-0.4, -0.2) is 12.0 Å². The molecule has 0 saturated carbocycles. The fourth-order valence-corrected chi connectivity index (χ4v) is 2.81. The van der Waals surface area contributed by atoms with Crippen molar-refractivity contribution < 1.29 is 9.53 Å². The predicted molar refractivity (Wildman–Crippen MR) is 99.3 cm³/mol. The van der Waals surface area contributed by atoms with Crippen LogP contribution in [0, 0.1) is 13.8 Å². The number of benzene rings is 2. The van der Waals surface area contributed by atoms with Gasteiger partial charge < -0.3 is 10.1 Å². The van der Waals surface area contributed by atoms with E-state index >= 15 is 0 Å². The van der Waals surface area contributed by atoms with Crippen LogP contribution in [0.1, 0.15) is 23.6 Å². The number of carbonyl (C=O) groups excluding carboxylic acids is 1. The van der Waals surface area contributed by atoms with Gasteiger partial charge in [-0.3, -0.25) is 4.79 Å². The Labute approximate surface area is 156 Å². The standard InChI is InChI=1S/C18H18Cl3NO2/c1-10-6-15(7-11(2)17(10)21)24-12(3)18(23)22-9-13-4-5-14(19)8-16(13)20/h4-8,12H,9H2,1-3H3,(H,22,23)/t12-/m0/s1. The third-order valence-electron chi connectivity index (χ3n) is 3.56. The zero-order valence-corrected chi connectivity index (χ0v) is 15.9. The van der Waals surface area contributed by atoms with E-state index in [1.165, 1.54) is 0 Å². The summed E-state index contributed by atoms with van der Waals surface area (Å²) in [4.78, 5) is 12.2. The van der Waals surface area contributed by atoms with Crippen LogP contribution in [-0.2, 0) is 11.3 Å². The van der Waals surface area contributed by atoms with Crippen LogP contribution in [0.5, 0.6) is 5.75 Å². The zero-order valence-electron chi connectivity index (χ0n) is 13.6. The Morgan fingerprint density at radius 2 is 1.75 bits per heavy atom. The molecule has 128 valence electrons. The number of carbonyl (C=O) groups is 1. The summed E-state index contributed by atoms with van der Waals surface area (Å²) in [5.41, 5.74) is 2.61. The molecule has 24 heavy (non-hydrogen) atoms. The number of aryl methyl sites for hydroxylation is 2. The SMILES string of the molecule is Cc1cc(O[C@@H](C)C(=O)NCc2ccc(Cl)cc2Cl)cc(C)c1Cl. The van der Waals surface area contributed by atoms with E-state index in [0.717, 1.165) is 16.7 Å². The number of ether oxygens (including phenoxy) is 1. The third-order valence-corrected chi connectivity index (χ3v) is 4.74. The van der Waals surface area contributed by atoms with E-state index in [1.54, 1.807) is 25.1 Å². The highest BCUT2D eigenvalue weighted by Crippen LogP contribution is 2.26. The molecular formula is C18H18Cl3NO2. The van der Waals surface area contributed by atoms with Gasteiger partial charge in [-0.05, 0) is 61.7 Å². The molecule has 1 atom stereocenters. The highest BCUT2D eigenvalue weighted by molar-refractivity contribution is 6.35. The molecule has 0 aliphatic carbocycles. The minimum Gasteiger partial charge on any atom is -0.481 e. The van der Waals surface area contributed by atoms with Crippen molar-refractivity contribution in [3.05, 3.63) is 62.1 Å². The summed E-state index contributed by atoms with van der Waals surface area (Å²) in [6.45, 7) is 5.80. The van der Waals surface area contributed by atoms with Crippen molar-refractivity contribution in [3.8, 4) is 5.75 Å². The monoisotopic (exact) mass is 385 g/mol. The van der Waals surface area contributed by atoms with Gasteiger partial charge in [0, 0.05) is 21.6 Å². The van der Waals surface area contributed by atoms with Gasteiger partial charge in [-0.1, -0.05) is 40.9 Å². The fourth-order valence-electron chi connectivity index (χ4n) is 2.22. The second-order valence-corrected chi connectivity index (χ2v) is 6.81. The van der Waals surface area contributed by atoms with Crippen molar-refractivity contribution in [2.75, 3.05) is 0 Å². The van der Waals surface area contributed by atoms with Crippen LogP contribution in [0.25, 0.3) is 0 Å². The lowest BCUT2D eigenvalue weighted by Gasteiger charge is -2.16. The predicted octanol–water partition coefficient (Wildman–Crippen LogP) is 5.35. The smallest absolute Gasteiger partial charge is 0.261 e. The highest BCUT2D eigenvalue weighted by Gasteiger charge is 2.16. The van der Waals surface area contributed by atoms with Crippen molar-refractivity contribution in [2.45, 2.75) is 33.4 Å². The van der Waals surface area contributed by atoms with Crippen LogP contribution in [0.4, 0.5) is 0 Å². The van der Waals surface area contributed by atoms with Crippen molar-refractivity contribution in [2.24, 2.45) is 0 Å². The molecular weight excluding hydrogens is 369 g/mol. The van der Waals surface area contributed by atoms with E-state index < -0.39 is 6.10 Å². The first-order chi connectivity index (χ1) is 11.3. The Bertz CT molecular complexity index is 739. The molecule has 0 saturated heterocycles. The Morgan fingerprint density at radius 3 is 2.33 bits per heavy atom. The maximum atomic E-state index is 12.2. The average Bonchev–Trinajstić information content (AvgIpc) is 2.51. The largest absolute Gasteiger partial charge is 0.481 e. The van der Waals surface area contributed by atoms with Crippen molar-refractivity contribution in [3.63, 3.8) is 0 Å². The molecule has 0 bridgehead atoms. The second-order valence-electron chi connectivity index (χ2n) is 5.58. The first kappa shape index (κ1) is 18.9. The molecule has 0 fully saturated rings. The number of rotatable bonds is 5. The quantitative estimate of drug-likeness (QED) is 0.752. The van der Waals surface area contributed by atoms with E-state index in [2.05, 4.69) is 5.32 Å². The summed E-state index contributed by atoms with van der Waals surface area (Å²) in [7, 11) is 0. The van der Waals surface area contributed by atoms with Gasteiger partial charge in [-0.25, -0.2) is 0 Å². The van der Waals surface area contributed by atoms with Crippen molar-refractivity contribution in [1.29, 1.82) is 0 Å². The third kappa shape index (κ3) is 4.79. The van der Waals surface area contributed by atoms with Crippen LogP contribution < -0.4 is 10.1 Å². The maximum absolute atomic E-state index is 12.2. The number of amides is 1. The summed E-state index contributed by atoms with van der Waals surface area (Å²) < 4.78 is 5.71. The van der Waals surface area contributed by atoms with E-state index in [1.807, 2.05) is 26.0 Å². The van der Waals surface area contributed by atoms with Crippen molar-refractivity contribution in [1.82, 2.24) is 5.32 Å². The van der Waals surface area contributed by atoms with Gasteiger partial charge in [-0.15, -0.1) is 0 Å². The molecule has 3 nitrogen and oxygen atoms in total. The van der Waals surface area contributed by atoms with E-state index in [0.29, 0.717) is 27.4 Å². The summed E-state index contributed by atoms with van der Waals surface area (Å²) in [6, 6.07) is 8.78. The molecule has 2 aromatic carbocycles. The molecule has 0 unspecified atom stereocenters. The normalized spacial score (nSPS) is 11.9. The van der Waals surface area contributed by atoms with Crippen LogP contribution >= 0.6 is 34.8 Å². The highest BCUT2D eigenvalue weighted by atomic mass is 35.5. The van der Waals surface area contributed by atoms with Crippen LogP contribution in [0.15, 0.2) is 30.3 Å². The van der Waals surface area contributed by atoms with Gasteiger partial charge in [0.25, 0.3) is 5.91 Å². The molecule has 2 aromatic rings. The van der Waals surface area contributed by atoms with E-state index in [4.69, 9.17) is 39.5 Å². The maximum Gasteiger partial charge on any atom is 0.261 e. The Balaban J connectivity index is 1.97. The molecule has 1 amide bonds. The first-order valence-electron chi connectivity index (χ1n) is 7.43. The van der Waals surface area contributed by atoms with Gasteiger partial charge >= 0.3 is 0 Å². The Morgan fingerprint density at radius 1 is 1.12 bits per heavy atom. The number of nitrogens with one attached hydrogen (secondary N) is 1. The second kappa shape index (κ2) is 8.11. The minimum atomic E-state index is -0.643. The molecule has 0 aliphatic rings. The molecule has 2 rings (SSSR count). The lowest BCUT2D eigenvalue weighted by atomic mass is 10.1. The van der Waals surface area contributed by atoms with Crippen LogP contribution in [0.2, 0.25) is 15.1 Å². The van der Waals surface area contributed by atoms with Gasteiger partial charge in [0.15, 0.2) is 6.10 Å². The summed E-state index contributed by atoms with van der Waals surface area (Å²) in [5.74, 6) is 0.382. The molecule has 0 spiro atoms. The zero-order chi connectivity index (χ0) is 17.9. The lowest BCUT2D eigenvalue weighted by molar-refractivity contribution is -0.127. The Hall–Kier alpha value is -1.42. The van der Waals surface area contributed by atoms with Gasteiger partial charge in [0.05, 0.1) is 0 Å². The summed E-state index contributed by atoms with van der Waals surface area (Å²) in [5, 5.41) is 4.58. The van der Waals surface area contributed by atoms with E-state index in [9.17, 15) is 4.79 Å². The topological polar surface area (TPSA) is 38.3 Å². The van der Waals surface area contributed by atoms with E-state index in [-0.39, 0.29) is 5.91 Å². The lowest BCUT2D eigenvalue weighted by Crippen LogP contribution is -2.36. The minimum absolute atomic E-state index is 0.230. The number of hydrogen-bond acceptors (Lipinski definition) is 2. The van der Waals surface area contributed by atoms with Gasteiger partial charge in [0.2, 0.25) is 0 Å². The number of halogens is 3. The molecule has 6 heteroatoms. The van der Waals surface area contributed by atoms with Crippen molar-refractivity contribution >= 4 is 40.7 Å². The van der Waals surface area contributed by atoms with Gasteiger partial charge in [0.1, 0.15) is 5.75 Å². The number of hydrogen-bond donors (Lipinski definition) is 1. The molecule has 0 heterocycles.